The molecule has 2 heterocycles. The van der Waals surface area contributed by atoms with Crippen LogP contribution in [0.3, 0.4) is 0 Å². The molecular formula is C23H28FN3O2. The molecule has 1 saturated heterocycles. The minimum absolute atomic E-state index is 0.0530. The highest BCUT2D eigenvalue weighted by molar-refractivity contribution is 5.85. The van der Waals surface area contributed by atoms with Crippen molar-refractivity contribution < 1.29 is 14.3 Å². The smallest absolute Gasteiger partial charge is 0.223 e. The van der Waals surface area contributed by atoms with Crippen molar-refractivity contribution in [1.29, 1.82) is 0 Å². The van der Waals surface area contributed by atoms with E-state index < -0.39 is 5.60 Å². The number of halogens is 1. The number of carbonyl (C=O) groups excluding carboxylic acids is 1. The number of fused-ring (bicyclic) bond motifs is 5. The van der Waals surface area contributed by atoms with Crippen molar-refractivity contribution in [3.8, 4) is 0 Å². The van der Waals surface area contributed by atoms with Gasteiger partial charge in [0.25, 0.3) is 0 Å². The van der Waals surface area contributed by atoms with Gasteiger partial charge in [0.15, 0.2) is 0 Å². The van der Waals surface area contributed by atoms with Crippen LogP contribution in [-0.4, -0.2) is 43.4 Å². The van der Waals surface area contributed by atoms with Crippen LogP contribution in [0, 0.1) is 16.6 Å². The Labute approximate surface area is 169 Å². The van der Waals surface area contributed by atoms with E-state index in [1.807, 2.05) is 20.0 Å². The summed E-state index contributed by atoms with van der Waals surface area (Å²) < 4.78 is 16.2. The van der Waals surface area contributed by atoms with Gasteiger partial charge in [0.2, 0.25) is 5.91 Å². The molecule has 6 heteroatoms. The number of likely N-dealkylation sites (tertiary alicyclic amines) is 1. The SMILES string of the molecule is CC(CC(=O)N1C2CC3(O)CC4(C2)CC1C4(C)C3)c1nn(C)c2cccc(F)c12. The Balaban J connectivity index is 1.30. The molecule has 2 aromatic rings. The summed E-state index contributed by atoms with van der Waals surface area (Å²) in [5.41, 5.74) is 1.12. The first-order valence-corrected chi connectivity index (χ1v) is 10.8. The van der Waals surface area contributed by atoms with Gasteiger partial charge in [-0.15, -0.1) is 0 Å². The van der Waals surface area contributed by atoms with Gasteiger partial charge in [-0.1, -0.05) is 19.9 Å². The Morgan fingerprint density at radius 2 is 2.14 bits per heavy atom. The van der Waals surface area contributed by atoms with Gasteiger partial charge in [-0.05, 0) is 55.1 Å². The fraction of sp³-hybridized carbons (Fsp3) is 0.652. The van der Waals surface area contributed by atoms with Crippen molar-refractivity contribution in [3.05, 3.63) is 29.7 Å². The maximum Gasteiger partial charge on any atom is 0.223 e. The normalized spacial score (nSPS) is 40.4. The van der Waals surface area contributed by atoms with Crippen molar-refractivity contribution in [2.75, 3.05) is 0 Å². The first kappa shape index (κ1) is 17.9. The number of benzene rings is 1. The van der Waals surface area contributed by atoms with E-state index in [0.29, 0.717) is 23.9 Å². The molecule has 4 fully saturated rings. The van der Waals surface area contributed by atoms with Crippen molar-refractivity contribution >= 4 is 16.8 Å². The number of aromatic nitrogens is 2. The summed E-state index contributed by atoms with van der Waals surface area (Å²) in [6, 6.07) is 5.40. The summed E-state index contributed by atoms with van der Waals surface area (Å²) in [6.45, 7) is 4.25. The second-order valence-electron chi connectivity index (χ2n) is 10.6. The average Bonchev–Trinajstić information content (AvgIpc) is 3.01. The predicted octanol–water partition coefficient (Wildman–Crippen LogP) is 3.50. The molecule has 6 rings (SSSR count). The Kier molecular flexibility index (Phi) is 3.21. The van der Waals surface area contributed by atoms with Crippen molar-refractivity contribution in [2.24, 2.45) is 17.9 Å². The van der Waals surface area contributed by atoms with Gasteiger partial charge >= 0.3 is 0 Å². The molecule has 1 aromatic carbocycles. The number of carbonyl (C=O) groups is 1. The first-order chi connectivity index (χ1) is 13.7. The molecule has 3 aliphatic carbocycles. The molecule has 1 aromatic heterocycles. The summed E-state index contributed by atoms with van der Waals surface area (Å²) in [4.78, 5) is 15.6. The van der Waals surface area contributed by atoms with Crippen LogP contribution in [0.25, 0.3) is 10.9 Å². The summed E-state index contributed by atoms with van der Waals surface area (Å²) in [6.07, 6.45) is 4.85. The van der Waals surface area contributed by atoms with Crippen LogP contribution in [0.4, 0.5) is 4.39 Å². The second-order valence-corrected chi connectivity index (χ2v) is 10.6. The van der Waals surface area contributed by atoms with E-state index in [1.54, 1.807) is 10.7 Å². The van der Waals surface area contributed by atoms with Crippen LogP contribution in [0.15, 0.2) is 18.2 Å². The zero-order valence-electron chi connectivity index (χ0n) is 17.3. The zero-order chi connectivity index (χ0) is 20.3. The summed E-state index contributed by atoms with van der Waals surface area (Å²) in [7, 11) is 1.81. The van der Waals surface area contributed by atoms with Crippen LogP contribution >= 0.6 is 0 Å². The number of nitrogens with zero attached hydrogens (tertiary/aromatic N) is 3. The van der Waals surface area contributed by atoms with Crippen molar-refractivity contribution in [3.63, 3.8) is 0 Å². The fourth-order valence-corrected chi connectivity index (χ4v) is 7.85. The molecule has 1 amide bonds. The standard InChI is InChI=1S/C23H28FN3O2/c1-13(20-19-15(24)5-4-6-16(19)26(3)25-20)7-18(28)27-14-8-22-10-17(27)21(22,2)11-23(29,9-14)12-22/h4-6,13-14,17,29H,7-12H2,1-3H3. The number of rotatable bonds is 3. The van der Waals surface area contributed by atoms with Gasteiger partial charge in [0, 0.05) is 31.5 Å². The van der Waals surface area contributed by atoms with Crippen LogP contribution in [0.1, 0.15) is 64.0 Å². The Morgan fingerprint density at radius 3 is 2.93 bits per heavy atom. The second kappa shape index (κ2) is 5.20. The highest BCUT2D eigenvalue weighted by atomic mass is 19.1. The van der Waals surface area contributed by atoms with Crippen LogP contribution < -0.4 is 0 Å². The van der Waals surface area contributed by atoms with E-state index >= 15 is 0 Å². The largest absolute Gasteiger partial charge is 0.390 e. The lowest BCUT2D eigenvalue weighted by atomic mass is 9.43. The highest BCUT2D eigenvalue weighted by Crippen LogP contribution is 2.78. The van der Waals surface area contributed by atoms with Crippen LogP contribution in [0.2, 0.25) is 0 Å². The van der Waals surface area contributed by atoms with Gasteiger partial charge < -0.3 is 10.0 Å². The molecule has 4 aliphatic rings. The van der Waals surface area contributed by atoms with E-state index in [2.05, 4.69) is 16.9 Å². The third-order valence-corrected chi connectivity index (χ3v) is 8.96. The lowest BCUT2D eigenvalue weighted by Crippen LogP contribution is -2.73. The van der Waals surface area contributed by atoms with E-state index in [9.17, 15) is 14.3 Å². The van der Waals surface area contributed by atoms with Gasteiger partial charge in [0.05, 0.1) is 22.2 Å². The van der Waals surface area contributed by atoms with Crippen LogP contribution in [-0.2, 0) is 11.8 Å². The molecule has 29 heavy (non-hydrogen) atoms. The number of amides is 1. The number of aryl methyl sites for hydroxylation is 1. The highest BCUT2D eigenvalue weighted by Gasteiger charge is 2.78. The molecule has 1 N–H and O–H groups in total. The maximum absolute atomic E-state index is 14.5. The quantitative estimate of drug-likeness (QED) is 0.862. The molecular weight excluding hydrogens is 369 g/mol. The molecule has 0 radical (unpaired) electrons. The molecule has 6 atom stereocenters. The van der Waals surface area contributed by atoms with E-state index in [4.69, 9.17) is 0 Å². The predicted molar refractivity (Wildman–Crippen MR) is 107 cm³/mol. The van der Waals surface area contributed by atoms with E-state index in [0.717, 1.165) is 31.2 Å². The molecule has 3 saturated carbocycles. The van der Waals surface area contributed by atoms with Crippen molar-refractivity contribution in [2.45, 2.75) is 76.0 Å². The number of aliphatic hydroxyl groups is 1. The molecule has 4 bridgehead atoms. The van der Waals surface area contributed by atoms with Gasteiger partial charge in [-0.25, -0.2) is 4.39 Å². The number of hydrogen-bond donors (Lipinski definition) is 1. The van der Waals surface area contributed by atoms with Crippen LogP contribution in [0.5, 0.6) is 0 Å². The monoisotopic (exact) mass is 397 g/mol. The summed E-state index contributed by atoms with van der Waals surface area (Å²) in [5, 5.41) is 16.2. The maximum atomic E-state index is 14.5. The van der Waals surface area contributed by atoms with Crippen molar-refractivity contribution in [1.82, 2.24) is 14.7 Å². The lowest BCUT2D eigenvalue weighted by Gasteiger charge is -2.70. The number of piperidine rings is 2. The average molecular weight is 397 g/mol. The molecule has 5 nitrogen and oxygen atoms in total. The zero-order valence-corrected chi connectivity index (χ0v) is 17.3. The topological polar surface area (TPSA) is 58.4 Å². The molecule has 1 aliphatic heterocycles. The van der Waals surface area contributed by atoms with E-state index in [-0.39, 0.29) is 40.6 Å². The van der Waals surface area contributed by atoms with Gasteiger partial charge in [-0.2, -0.15) is 5.10 Å². The third kappa shape index (κ3) is 2.03. The number of hydrogen-bond acceptors (Lipinski definition) is 3. The van der Waals surface area contributed by atoms with Gasteiger partial charge in [-0.3, -0.25) is 9.48 Å². The lowest BCUT2D eigenvalue weighted by molar-refractivity contribution is -0.213. The molecule has 154 valence electrons. The third-order valence-electron chi connectivity index (χ3n) is 8.96. The Morgan fingerprint density at radius 1 is 1.34 bits per heavy atom. The van der Waals surface area contributed by atoms with Gasteiger partial charge in [0.1, 0.15) is 5.82 Å². The first-order valence-electron chi connectivity index (χ1n) is 10.8. The molecule has 1 spiro atoms. The Hall–Kier alpha value is -1.95. The molecule has 6 unspecified atom stereocenters. The minimum Gasteiger partial charge on any atom is -0.390 e. The van der Waals surface area contributed by atoms with E-state index in [1.165, 1.54) is 6.07 Å². The summed E-state index contributed by atoms with van der Waals surface area (Å²) >= 11 is 0. The summed E-state index contributed by atoms with van der Waals surface area (Å²) in [5.74, 6) is -0.313. The fourth-order valence-electron chi connectivity index (χ4n) is 7.85. The minimum atomic E-state index is -0.590. The Bertz CT molecular complexity index is 1070.